The molecule has 5 heteroatoms. The summed E-state index contributed by atoms with van der Waals surface area (Å²) in [6.45, 7) is 6.14. The predicted octanol–water partition coefficient (Wildman–Crippen LogP) is 4.20. The standard InChI is InChI=1S/C20H21N3O2/c1-4-5-17-18(20(24)25)19(15-8-10-21-11-9-15)22-23(17)16-7-6-13(2)14(3)12-16/h6-12H,4-5H2,1-3H3,(H,24,25). The first kappa shape index (κ1) is 16.9. The highest BCUT2D eigenvalue weighted by Gasteiger charge is 2.24. The fourth-order valence-electron chi connectivity index (χ4n) is 2.93. The van der Waals surface area contributed by atoms with Crippen molar-refractivity contribution in [3.8, 4) is 16.9 Å². The molecular weight excluding hydrogens is 314 g/mol. The number of hydrogen-bond acceptors (Lipinski definition) is 3. The van der Waals surface area contributed by atoms with Crippen molar-refractivity contribution < 1.29 is 9.90 Å². The number of carboxylic acid groups (broad SMARTS) is 1. The van der Waals surface area contributed by atoms with E-state index in [0.29, 0.717) is 12.1 Å². The van der Waals surface area contributed by atoms with Gasteiger partial charge in [-0.2, -0.15) is 5.10 Å². The molecule has 2 aromatic heterocycles. The van der Waals surface area contributed by atoms with Gasteiger partial charge in [-0.15, -0.1) is 0 Å². The van der Waals surface area contributed by atoms with Crippen molar-refractivity contribution in [2.24, 2.45) is 0 Å². The third kappa shape index (κ3) is 3.18. The number of rotatable bonds is 5. The van der Waals surface area contributed by atoms with E-state index in [0.717, 1.165) is 28.9 Å². The minimum absolute atomic E-state index is 0.270. The summed E-state index contributed by atoms with van der Waals surface area (Å²) in [6, 6.07) is 9.64. The molecule has 128 valence electrons. The number of carboxylic acids is 1. The zero-order valence-electron chi connectivity index (χ0n) is 14.7. The average molecular weight is 335 g/mol. The average Bonchev–Trinajstić information content (AvgIpc) is 2.98. The van der Waals surface area contributed by atoms with Crippen LogP contribution in [0.25, 0.3) is 16.9 Å². The fraction of sp³-hybridized carbons (Fsp3) is 0.250. The summed E-state index contributed by atoms with van der Waals surface area (Å²) >= 11 is 0. The van der Waals surface area contributed by atoms with Crippen molar-refractivity contribution in [1.29, 1.82) is 0 Å². The molecule has 3 rings (SSSR count). The number of benzene rings is 1. The SMILES string of the molecule is CCCc1c(C(=O)O)c(-c2ccncc2)nn1-c1ccc(C)c(C)c1. The van der Waals surface area contributed by atoms with Gasteiger partial charge in [0, 0.05) is 18.0 Å². The molecule has 5 nitrogen and oxygen atoms in total. The van der Waals surface area contributed by atoms with Crippen molar-refractivity contribution >= 4 is 5.97 Å². The van der Waals surface area contributed by atoms with Gasteiger partial charge in [-0.05, 0) is 55.7 Å². The van der Waals surface area contributed by atoms with Gasteiger partial charge in [0.15, 0.2) is 0 Å². The molecule has 1 N–H and O–H groups in total. The molecule has 0 aliphatic heterocycles. The van der Waals surface area contributed by atoms with Crippen LogP contribution >= 0.6 is 0 Å². The third-order valence-corrected chi connectivity index (χ3v) is 4.37. The zero-order chi connectivity index (χ0) is 18.0. The lowest BCUT2D eigenvalue weighted by atomic mass is 10.0. The highest BCUT2D eigenvalue weighted by molar-refractivity contribution is 5.96. The Kier molecular flexibility index (Phi) is 4.65. The largest absolute Gasteiger partial charge is 0.478 e. The fourth-order valence-corrected chi connectivity index (χ4v) is 2.93. The Balaban J connectivity index is 2.27. The smallest absolute Gasteiger partial charge is 0.339 e. The normalized spacial score (nSPS) is 10.8. The van der Waals surface area contributed by atoms with Crippen LogP contribution in [0.4, 0.5) is 0 Å². The van der Waals surface area contributed by atoms with Crippen LogP contribution in [-0.4, -0.2) is 25.8 Å². The van der Waals surface area contributed by atoms with Crippen molar-refractivity contribution in [3.05, 3.63) is 65.1 Å². The van der Waals surface area contributed by atoms with Gasteiger partial charge >= 0.3 is 5.97 Å². The van der Waals surface area contributed by atoms with E-state index in [1.54, 1.807) is 29.2 Å². The van der Waals surface area contributed by atoms with E-state index in [4.69, 9.17) is 0 Å². The maximum Gasteiger partial charge on any atom is 0.339 e. The van der Waals surface area contributed by atoms with Crippen LogP contribution in [0.15, 0.2) is 42.7 Å². The monoisotopic (exact) mass is 335 g/mol. The lowest BCUT2D eigenvalue weighted by Gasteiger charge is -2.09. The van der Waals surface area contributed by atoms with Crippen LogP contribution in [0.5, 0.6) is 0 Å². The Labute approximate surface area is 147 Å². The molecule has 0 radical (unpaired) electrons. The van der Waals surface area contributed by atoms with Gasteiger partial charge in [-0.1, -0.05) is 19.4 Å². The molecule has 0 aliphatic carbocycles. The molecular formula is C20H21N3O2. The number of pyridine rings is 1. The maximum absolute atomic E-state index is 12.0. The quantitative estimate of drug-likeness (QED) is 0.758. The van der Waals surface area contributed by atoms with E-state index >= 15 is 0 Å². The highest BCUT2D eigenvalue weighted by Crippen LogP contribution is 2.29. The van der Waals surface area contributed by atoms with Crippen molar-refractivity contribution in [1.82, 2.24) is 14.8 Å². The second-order valence-corrected chi connectivity index (χ2v) is 6.14. The maximum atomic E-state index is 12.0. The van der Waals surface area contributed by atoms with Crippen molar-refractivity contribution in [3.63, 3.8) is 0 Å². The number of hydrogen-bond donors (Lipinski definition) is 1. The molecule has 3 aromatic rings. The molecule has 0 spiro atoms. The first-order valence-electron chi connectivity index (χ1n) is 8.36. The minimum Gasteiger partial charge on any atom is -0.478 e. The van der Waals surface area contributed by atoms with Crippen molar-refractivity contribution in [2.45, 2.75) is 33.6 Å². The first-order chi connectivity index (χ1) is 12.0. The number of nitrogens with zero attached hydrogens (tertiary/aromatic N) is 3. The van der Waals surface area contributed by atoms with Gasteiger partial charge < -0.3 is 5.11 Å². The Morgan fingerprint density at radius 3 is 2.44 bits per heavy atom. The summed E-state index contributed by atoms with van der Waals surface area (Å²) in [5.41, 5.74) is 5.47. The van der Waals surface area contributed by atoms with Gasteiger partial charge in [0.05, 0.1) is 11.4 Å². The molecule has 0 atom stereocenters. The second-order valence-electron chi connectivity index (χ2n) is 6.14. The molecule has 0 saturated carbocycles. The van der Waals surface area contributed by atoms with E-state index in [1.165, 1.54) is 5.56 Å². The molecule has 2 heterocycles. The van der Waals surface area contributed by atoms with E-state index in [9.17, 15) is 9.90 Å². The van der Waals surface area contributed by atoms with Crippen LogP contribution in [-0.2, 0) is 6.42 Å². The van der Waals surface area contributed by atoms with Crippen LogP contribution in [0.3, 0.4) is 0 Å². The number of aromatic carboxylic acids is 1. The summed E-state index contributed by atoms with van der Waals surface area (Å²) in [5.74, 6) is -0.953. The van der Waals surface area contributed by atoms with Crippen LogP contribution in [0.2, 0.25) is 0 Å². The van der Waals surface area contributed by atoms with Gasteiger partial charge in [-0.3, -0.25) is 4.98 Å². The van der Waals surface area contributed by atoms with Gasteiger partial charge in [0.2, 0.25) is 0 Å². The Hall–Kier alpha value is -2.95. The number of carbonyl (C=O) groups is 1. The summed E-state index contributed by atoms with van der Waals surface area (Å²) in [6.07, 6.45) is 4.78. The lowest BCUT2D eigenvalue weighted by molar-refractivity contribution is 0.0696. The zero-order valence-corrected chi connectivity index (χ0v) is 14.7. The van der Waals surface area contributed by atoms with E-state index < -0.39 is 5.97 Å². The molecule has 0 unspecified atom stereocenters. The van der Waals surface area contributed by atoms with Gasteiger partial charge in [0.1, 0.15) is 11.3 Å². The molecule has 25 heavy (non-hydrogen) atoms. The Bertz CT molecular complexity index is 914. The number of aryl methyl sites for hydroxylation is 2. The third-order valence-electron chi connectivity index (χ3n) is 4.37. The summed E-state index contributed by atoms with van der Waals surface area (Å²) < 4.78 is 1.77. The predicted molar refractivity (Wildman–Crippen MR) is 97.2 cm³/mol. The lowest BCUT2D eigenvalue weighted by Crippen LogP contribution is -2.07. The van der Waals surface area contributed by atoms with Crippen LogP contribution < -0.4 is 0 Å². The van der Waals surface area contributed by atoms with E-state index in [2.05, 4.69) is 17.0 Å². The molecule has 0 fully saturated rings. The van der Waals surface area contributed by atoms with Crippen LogP contribution in [0.1, 0.15) is 40.5 Å². The topological polar surface area (TPSA) is 68.0 Å². The summed E-state index contributed by atoms with van der Waals surface area (Å²) in [7, 11) is 0. The van der Waals surface area contributed by atoms with Crippen LogP contribution in [0, 0.1) is 13.8 Å². The van der Waals surface area contributed by atoms with Crippen molar-refractivity contribution in [2.75, 3.05) is 0 Å². The van der Waals surface area contributed by atoms with Gasteiger partial charge in [0.25, 0.3) is 0 Å². The molecule has 0 aliphatic rings. The summed E-state index contributed by atoms with van der Waals surface area (Å²) in [5, 5.41) is 14.5. The highest BCUT2D eigenvalue weighted by atomic mass is 16.4. The Morgan fingerprint density at radius 2 is 1.84 bits per heavy atom. The molecule has 0 saturated heterocycles. The van der Waals surface area contributed by atoms with Gasteiger partial charge in [-0.25, -0.2) is 9.48 Å². The summed E-state index contributed by atoms with van der Waals surface area (Å²) in [4.78, 5) is 16.0. The van der Waals surface area contributed by atoms with E-state index in [-0.39, 0.29) is 5.56 Å². The second kappa shape index (κ2) is 6.89. The number of aromatic nitrogens is 3. The minimum atomic E-state index is -0.953. The molecule has 0 amide bonds. The van der Waals surface area contributed by atoms with E-state index in [1.807, 2.05) is 32.0 Å². The first-order valence-corrected chi connectivity index (χ1v) is 8.36. The Morgan fingerprint density at radius 1 is 1.12 bits per heavy atom. The molecule has 0 bridgehead atoms. The molecule has 1 aromatic carbocycles.